The number of nitrogens with one attached hydrogen (secondary N) is 1. The number of hydrogen-bond donors (Lipinski definition) is 1. The Labute approximate surface area is 139 Å². The van der Waals surface area contributed by atoms with Gasteiger partial charge in [-0.3, -0.25) is 0 Å². The number of ether oxygens (including phenoxy) is 1. The maximum atomic E-state index is 6.02. The molecule has 5 heteroatoms. The Morgan fingerprint density at radius 1 is 1.17 bits per heavy atom. The number of para-hydroxylation sites is 1. The molecule has 0 saturated carbocycles. The zero-order valence-electron chi connectivity index (χ0n) is 12.9. The predicted octanol–water partition coefficient (Wildman–Crippen LogP) is 4.06. The summed E-state index contributed by atoms with van der Waals surface area (Å²) in [6, 6.07) is 12.2. The number of nitrogens with zero attached hydrogens (tertiary/aromatic N) is 2. The van der Waals surface area contributed by atoms with Gasteiger partial charge in [0.05, 0.1) is 16.4 Å². The van der Waals surface area contributed by atoms with Gasteiger partial charge in [0.1, 0.15) is 18.2 Å². The van der Waals surface area contributed by atoms with Crippen LogP contribution in [-0.4, -0.2) is 16.5 Å². The van der Waals surface area contributed by atoms with Crippen LogP contribution in [0.4, 0.5) is 5.82 Å². The molecule has 0 spiro atoms. The van der Waals surface area contributed by atoms with Gasteiger partial charge in [-0.1, -0.05) is 18.2 Å². The lowest BCUT2D eigenvalue weighted by molar-refractivity contribution is 0.302. The summed E-state index contributed by atoms with van der Waals surface area (Å²) in [6.07, 6.45) is 1.05. The van der Waals surface area contributed by atoms with Crippen LogP contribution >= 0.6 is 11.3 Å². The maximum Gasteiger partial charge on any atom is 0.130 e. The van der Waals surface area contributed by atoms with Gasteiger partial charge in [0.15, 0.2) is 0 Å². The van der Waals surface area contributed by atoms with Crippen LogP contribution < -0.4 is 10.1 Å². The largest absolute Gasteiger partial charge is 0.487 e. The number of benzene rings is 1. The minimum absolute atomic E-state index is 0.453. The molecule has 1 N–H and O–H groups in total. The summed E-state index contributed by atoms with van der Waals surface area (Å²) in [6.45, 7) is 3.44. The first-order valence-electron chi connectivity index (χ1n) is 7.66. The average molecular weight is 323 g/mol. The van der Waals surface area contributed by atoms with Crippen molar-refractivity contribution in [2.45, 2.75) is 20.0 Å². The smallest absolute Gasteiger partial charge is 0.130 e. The van der Waals surface area contributed by atoms with E-state index in [4.69, 9.17) is 4.74 Å². The number of anilines is 1. The first kappa shape index (κ1) is 14.2. The normalized spacial score (nSPS) is 12.7. The van der Waals surface area contributed by atoms with Crippen LogP contribution in [0.1, 0.15) is 16.3 Å². The molecular formula is C18H17N3OS. The summed E-state index contributed by atoms with van der Waals surface area (Å²) in [5, 5.41) is 6.42. The minimum atomic E-state index is 0.453. The highest BCUT2D eigenvalue weighted by Crippen LogP contribution is 2.31. The summed E-state index contributed by atoms with van der Waals surface area (Å²) in [5.41, 5.74) is 4.21. The topological polar surface area (TPSA) is 47.0 Å². The second kappa shape index (κ2) is 6.01. The quantitative estimate of drug-likeness (QED) is 0.786. The molecule has 0 radical (unpaired) electrons. The molecule has 3 aromatic rings. The predicted molar refractivity (Wildman–Crippen MR) is 93.0 cm³/mol. The number of rotatable bonds is 4. The van der Waals surface area contributed by atoms with Crippen molar-refractivity contribution < 1.29 is 4.74 Å². The molecule has 23 heavy (non-hydrogen) atoms. The Morgan fingerprint density at radius 2 is 2.09 bits per heavy atom. The van der Waals surface area contributed by atoms with Gasteiger partial charge in [0.25, 0.3) is 0 Å². The molecule has 0 unspecified atom stereocenters. The van der Waals surface area contributed by atoms with Gasteiger partial charge in [-0.25, -0.2) is 9.97 Å². The third-order valence-electron chi connectivity index (χ3n) is 3.88. The van der Waals surface area contributed by atoms with E-state index >= 15 is 0 Å². The first-order chi connectivity index (χ1) is 11.3. The number of thiazole rings is 1. The van der Waals surface area contributed by atoms with Crippen LogP contribution in [0.3, 0.4) is 0 Å². The highest BCUT2D eigenvalue weighted by atomic mass is 32.1. The summed E-state index contributed by atoms with van der Waals surface area (Å²) in [4.78, 5) is 9.18. The third-order valence-corrected chi connectivity index (χ3v) is 4.65. The Bertz CT molecular complexity index is 844. The standard InChI is InChI=1S/C18H17N3OS/c1-12-20-16(11-23-12)15-4-2-3-5-17(15)22-10-14-7-6-13-8-9-19-18(13)21-14/h2-7,11H,8-10H2,1H3,(H,19,21). The van der Waals surface area contributed by atoms with E-state index in [9.17, 15) is 0 Å². The SMILES string of the molecule is Cc1nc(-c2ccccc2OCc2ccc3c(n2)NCC3)cs1. The fourth-order valence-electron chi connectivity index (χ4n) is 2.72. The molecule has 4 nitrogen and oxygen atoms in total. The van der Waals surface area contributed by atoms with Crippen molar-refractivity contribution >= 4 is 17.2 Å². The number of hydrogen-bond acceptors (Lipinski definition) is 5. The molecule has 0 amide bonds. The molecule has 3 heterocycles. The van der Waals surface area contributed by atoms with Crippen LogP contribution in [0.15, 0.2) is 41.8 Å². The van der Waals surface area contributed by atoms with Gasteiger partial charge in [0, 0.05) is 17.5 Å². The molecule has 116 valence electrons. The Hall–Kier alpha value is -2.40. The van der Waals surface area contributed by atoms with Crippen molar-refractivity contribution in [3.8, 4) is 17.0 Å². The van der Waals surface area contributed by atoms with Gasteiger partial charge in [-0.15, -0.1) is 11.3 Å². The molecule has 2 aromatic heterocycles. The van der Waals surface area contributed by atoms with Crippen molar-refractivity contribution in [3.63, 3.8) is 0 Å². The van der Waals surface area contributed by atoms with Crippen LogP contribution in [0.5, 0.6) is 5.75 Å². The molecule has 0 saturated heterocycles. The van der Waals surface area contributed by atoms with E-state index in [1.54, 1.807) is 11.3 Å². The lowest BCUT2D eigenvalue weighted by Gasteiger charge is -2.10. The summed E-state index contributed by atoms with van der Waals surface area (Å²) in [7, 11) is 0. The highest BCUT2D eigenvalue weighted by Gasteiger charge is 2.13. The summed E-state index contributed by atoms with van der Waals surface area (Å²) < 4.78 is 6.02. The lowest BCUT2D eigenvalue weighted by atomic mass is 10.1. The molecule has 1 aliphatic heterocycles. The van der Waals surface area contributed by atoms with Gasteiger partial charge in [-0.05, 0) is 37.1 Å². The molecule has 4 rings (SSSR count). The van der Waals surface area contributed by atoms with Crippen molar-refractivity contribution in [1.82, 2.24) is 9.97 Å². The molecule has 0 fully saturated rings. The summed E-state index contributed by atoms with van der Waals surface area (Å²) in [5.74, 6) is 1.84. The maximum absolute atomic E-state index is 6.02. The minimum Gasteiger partial charge on any atom is -0.487 e. The van der Waals surface area contributed by atoms with Gasteiger partial charge in [0.2, 0.25) is 0 Å². The number of aromatic nitrogens is 2. The molecule has 0 bridgehead atoms. The van der Waals surface area contributed by atoms with Gasteiger partial charge in [-0.2, -0.15) is 0 Å². The Balaban J connectivity index is 1.55. The number of fused-ring (bicyclic) bond motifs is 1. The third kappa shape index (κ3) is 2.92. The fourth-order valence-corrected chi connectivity index (χ4v) is 3.34. The van der Waals surface area contributed by atoms with Crippen LogP contribution in [0.2, 0.25) is 0 Å². The Morgan fingerprint density at radius 3 is 2.96 bits per heavy atom. The van der Waals surface area contributed by atoms with Crippen LogP contribution in [-0.2, 0) is 13.0 Å². The number of pyridine rings is 1. The van der Waals surface area contributed by atoms with E-state index in [-0.39, 0.29) is 0 Å². The van der Waals surface area contributed by atoms with E-state index in [0.717, 1.165) is 46.5 Å². The first-order valence-corrected chi connectivity index (χ1v) is 8.54. The van der Waals surface area contributed by atoms with Crippen molar-refractivity contribution in [2.24, 2.45) is 0 Å². The highest BCUT2D eigenvalue weighted by molar-refractivity contribution is 7.09. The molecule has 0 atom stereocenters. The zero-order chi connectivity index (χ0) is 15.6. The molecule has 0 aliphatic carbocycles. The number of aryl methyl sites for hydroxylation is 1. The molecule has 1 aromatic carbocycles. The van der Waals surface area contributed by atoms with Crippen LogP contribution in [0.25, 0.3) is 11.3 Å². The van der Waals surface area contributed by atoms with E-state index in [0.29, 0.717) is 6.61 Å². The lowest BCUT2D eigenvalue weighted by Crippen LogP contribution is -2.01. The Kier molecular flexibility index (Phi) is 3.71. The van der Waals surface area contributed by atoms with E-state index in [1.165, 1.54) is 5.56 Å². The van der Waals surface area contributed by atoms with Crippen molar-refractivity contribution in [3.05, 3.63) is 58.0 Å². The average Bonchev–Trinajstić information content (AvgIpc) is 3.21. The van der Waals surface area contributed by atoms with Crippen molar-refractivity contribution in [2.75, 3.05) is 11.9 Å². The second-order valence-electron chi connectivity index (χ2n) is 5.52. The van der Waals surface area contributed by atoms with Gasteiger partial charge < -0.3 is 10.1 Å². The fraction of sp³-hybridized carbons (Fsp3) is 0.222. The van der Waals surface area contributed by atoms with E-state index in [1.807, 2.05) is 37.3 Å². The zero-order valence-corrected chi connectivity index (χ0v) is 13.7. The van der Waals surface area contributed by atoms with E-state index < -0.39 is 0 Å². The molecule has 1 aliphatic rings. The molecular weight excluding hydrogens is 306 g/mol. The monoisotopic (exact) mass is 323 g/mol. The van der Waals surface area contributed by atoms with Gasteiger partial charge >= 0.3 is 0 Å². The van der Waals surface area contributed by atoms with Crippen molar-refractivity contribution in [1.29, 1.82) is 0 Å². The summed E-state index contributed by atoms with van der Waals surface area (Å²) >= 11 is 1.65. The van der Waals surface area contributed by atoms with E-state index in [2.05, 4.69) is 26.7 Å². The van der Waals surface area contributed by atoms with Crippen LogP contribution in [0, 0.1) is 6.92 Å². The second-order valence-corrected chi connectivity index (χ2v) is 6.59.